The van der Waals surface area contributed by atoms with Gasteiger partial charge in [-0.15, -0.1) is 0 Å². The molecule has 18 heavy (non-hydrogen) atoms. The molecule has 1 aromatic carbocycles. The van der Waals surface area contributed by atoms with Crippen LogP contribution < -0.4 is 11.5 Å². The van der Waals surface area contributed by atoms with Gasteiger partial charge in [-0.1, -0.05) is 5.57 Å². The fourth-order valence-electron chi connectivity index (χ4n) is 2.49. The minimum atomic E-state index is 0.850. The number of nitrogens with one attached hydrogen (secondary N) is 1. The molecule has 3 heteroatoms. The third-order valence-electron chi connectivity index (χ3n) is 3.68. The van der Waals surface area contributed by atoms with Crippen LogP contribution in [0.25, 0.3) is 10.9 Å². The molecule has 0 radical (unpaired) electrons. The number of aromatic nitrogens is 1. The van der Waals surface area contributed by atoms with Gasteiger partial charge in [0, 0.05) is 11.1 Å². The van der Waals surface area contributed by atoms with Crippen molar-refractivity contribution >= 4 is 16.6 Å². The zero-order valence-corrected chi connectivity index (χ0v) is 11.5. The number of anilines is 1. The molecule has 0 saturated heterocycles. The average Bonchev–Trinajstić information content (AvgIpc) is 2.74. The maximum atomic E-state index is 6.24. The minimum Gasteiger partial charge on any atom is -0.405 e. The van der Waals surface area contributed by atoms with Crippen LogP contribution in [0, 0.1) is 20.8 Å². The third kappa shape index (κ3) is 1.86. The van der Waals surface area contributed by atoms with Crippen molar-refractivity contribution in [2.24, 2.45) is 5.73 Å². The molecule has 0 spiro atoms. The topological polar surface area (TPSA) is 67.8 Å². The Morgan fingerprint density at radius 2 is 1.94 bits per heavy atom. The predicted octanol–water partition coefficient (Wildman–Crippen LogP) is 3.08. The van der Waals surface area contributed by atoms with E-state index in [1.54, 1.807) is 6.20 Å². The molecule has 0 amide bonds. The smallest absolute Gasteiger partial charge is 0.0695 e. The highest BCUT2D eigenvalue weighted by Gasteiger charge is 2.14. The van der Waals surface area contributed by atoms with Gasteiger partial charge in [0.1, 0.15) is 0 Å². The lowest BCUT2D eigenvalue weighted by molar-refractivity contribution is 1.09. The minimum absolute atomic E-state index is 0.850. The van der Waals surface area contributed by atoms with Crippen molar-refractivity contribution in [2.75, 3.05) is 5.73 Å². The average molecular weight is 243 g/mol. The first-order chi connectivity index (χ1) is 8.45. The molecule has 0 aliphatic carbocycles. The second-order valence-corrected chi connectivity index (χ2v) is 5.07. The molecule has 0 aliphatic rings. The standard InChI is InChI=1S/C15H21N3/c1-8(7-16)5-12-10(3)13-6-9(2)18-15(13)14(17)11(12)4/h6-7,18H,5,16-17H2,1-4H3/b8-7+. The second-order valence-electron chi connectivity index (χ2n) is 5.07. The second kappa shape index (κ2) is 4.41. The molecular formula is C15H21N3. The summed E-state index contributed by atoms with van der Waals surface area (Å²) >= 11 is 0. The van der Waals surface area contributed by atoms with E-state index in [2.05, 4.69) is 31.8 Å². The molecule has 5 N–H and O–H groups in total. The van der Waals surface area contributed by atoms with Crippen molar-refractivity contribution in [1.29, 1.82) is 0 Å². The number of aromatic amines is 1. The van der Waals surface area contributed by atoms with Crippen LogP contribution in [0.1, 0.15) is 29.3 Å². The van der Waals surface area contributed by atoms with Crippen molar-refractivity contribution in [3.63, 3.8) is 0 Å². The fraction of sp³-hybridized carbons (Fsp3) is 0.333. The first kappa shape index (κ1) is 12.6. The van der Waals surface area contributed by atoms with Crippen molar-refractivity contribution in [3.8, 4) is 0 Å². The van der Waals surface area contributed by atoms with E-state index < -0.39 is 0 Å². The summed E-state index contributed by atoms with van der Waals surface area (Å²) in [7, 11) is 0. The number of nitrogens with two attached hydrogens (primary N) is 2. The lowest BCUT2D eigenvalue weighted by Crippen LogP contribution is -2.02. The van der Waals surface area contributed by atoms with Gasteiger partial charge in [-0.3, -0.25) is 0 Å². The summed E-state index contributed by atoms with van der Waals surface area (Å²) in [5.74, 6) is 0. The van der Waals surface area contributed by atoms with Crippen LogP contribution in [0.4, 0.5) is 5.69 Å². The van der Waals surface area contributed by atoms with Crippen LogP contribution in [0.2, 0.25) is 0 Å². The van der Waals surface area contributed by atoms with E-state index in [-0.39, 0.29) is 0 Å². The Bertz CT molecular complexity index is 633. The number of benzene rings is 1. The Labute approximate surface area is 108 Å². The van der Waals surface area contributed by atoms with Crippen LogP contribution in [-0.4, -0.2) is 4.98 Å². The van der Waals surface area contributed by atoms with E-state index in [1.807, 2.05) is 6.92 Å². The Balaban J connectivity index is 2.73. The van der Waals surface area contributed by atoms with Crippen LogP contribution in [-0.2, 0) is 6.42 Å². The van der Waals surface area contributed by atoms with Gasteiger partial charge in [-0.2, -0.15) is 0 Å². The van der Waals surface area contributed by atoms with E-state index in [0.717, 1.165) is 34.5 Å². The normalized spacial score (nSPS) is 12.3. The number of rotatable bonds is 2. The summed E-state index contributed by atoms with van der Waals surface area (Å²) in [4.78, 5) is 3.34. The van der Waals surface area contributed by atoms with Gasteiger partial charge in [-0.25, -0.2) is 0 Å². The molecule has 0 unspecified atom stereocenters. The van der Waals surface area contributed by atoms with Gasteiger partial charge in [0.25, 0.3) is 0 Å². The van der Waals surface area contributed by atoms with E-state index in [0.29, 0.717) is 0 Å². The zero-order valence-electron chi connectivity index (χ0n) is 11.5. The predicted molar refractivity (Wildman–Crippen MR) is 78.6 cm³/mol. The van der Waals surface area contributed by atoms with Crippen molar-refractivity contribution in [1.82, 2.24) is 4.98 Å². The lowest BCUT2D eigenvalue weighted by Gasteiger charge is -2.14. The van der Waals surface area contributed by atoms with E-state index >= 15 is 0 Å². The molecule has 0 fully saturated rings. The molecule has 1 aromatic heterocycles. The Kier molecular flexibility index (Phi) is 3.07. The Morgan fingerprint density at radius 1 is 1.28 bits per heavy atom. The lowest BCUT2D eigenvalue weighted by atomic mass is 9.93. The highest BCUT2D eigenvalue weighted by Crippen LogP contribution is 2.33. The summed E-state index contributed by atoms with van der Waals surface area (Å²) in [6.07, 6.45) is 2.53. The number of allylic oxidation sites excluding steroid dienone is 1. The summed E-state index contributed by atoms with van der Waals surface area (Å²) < 4.78 is 0. The highest BCUT2D eigenvalue weighted by atomic mass is 14.7. The molecule has 0 bridgehead atoms. The molecular weight excluding hydrogens is 222 g/mol. The number of aryl methyl sites for hydroxylation is 2. The van der Waals surface area contributed by atoms with Gasteiger partial charge in [-0.05, 0) is 63.1 Å². The molecule has 2 aromatic rings. The summed E-state index contributed by atoms with van der Waals surface area (Å²) in [6.45, 7) is 8.33. The molecule has 0 aliphatic heterocycles. The maximum Gasteiger partial charge on any atom is 0.0695 e. The third-order valence-corrected chi connectivity index (χ3v) is 3.68. The highest BCUT2D eigenvalue weighted by molar-refractivity contribution is 5.96. The number of nitrogen functional groups attached to an aromatic ring is 1. The van der Waals surface area contributed by atoms with E-state index in [1.165, 1.54) is 16.5 Å². The Morgan fingerprint density at radius 3 is 2.56 bits per heavy atom. The molecule has 0 saturated carbocycles. The molecule has 1 heterocycles. The molecule has 0 atom stereocenters. The van der Waals surface area contributed by atoms with Crippen molar-refractivity contribution < 1.29 is 0 Å². The molecule has 96 valence electrons. The molecule has 2 rings (SSSR count). The summed E-state index contributed by atoms with van der Waals surface area (Å²) in [6, 6.07) is 2.16. The number of hydrogen-bond donors (Lipinski definition) is 3. The van der Waals surface area contributed by atoms with Gasteiger partial charge >= 0.3 is 0 Å². The van der Waals surface area contributed by atoms with Gasteiger partial charge < -0.3 is 16.5 Å². The van der Waals surface area contributed by atoms with E-state index in [9.17, 15) is 0 Å². The van der Waals surface area contributed by atoms with Crippen LogP contribution in [0.3, 0.4) is 0 Å². The fourth-order valence-corrected chi connectivity index (χ4v) is 2.49. The van der Waals surface area contributed by atoms with Crippen LogP contribution in [0.5, 0.6) is 0 Å². The maximum absolute atomic E-state index is 6.24. The quantitative estimate of drug-likeness (QED) is 0.709. The first-order valence-corrected chi connectivity index (χ1v) is 6.20. The SMILES string of the molecule is C/C(=C\N)Cc1c(C)c(N)c2[nH]c(C)cc2c1C. The number of H-pyrrole nitrogens is 1. The van der Waals surface area contributed by atoms with E-state index in [4.69, 9.17) is 11.5 Å². The van der Waals surface area contributed by atoms with Gasteiger partial charge in [0.2, 0.25) is 0 Å². The monoisotopic (exact) mass is 243 g/mol. The summed E-state index contributed by atoms with van der Waals surface area (Å²) in [5, 5.41) is 1.22. The van der Waals surface area contributed by atoms with Gasteiger partial charge in [0.05, 0.1) is 11.2 Å². The Hall–Kier alpha value is -1.90. The largest absolute Gasteiger partial charge is 0.405 e. The van der Waals surface area contributed by atoms with Crippen molar-refractivity contribution in [3.05, 3.63) is 40.2 Å². The zero-order chi connectivity index (χ0) is 13.4. The number of fused-ring (bicyclic) bond motifs is 1. The molecule has 3 nitrogen and oxygen atoms in total. The summed E-state index contributed by atoms with van der Waals surface area (Å²) in [5.41, 5.74) is 19.8. The van der Waals surface area contributed by atoms with Gasteiger partial charge in [0.15, 0.2) is 0 Å². The van der Waals surface area contributed by atoms with Crippen LogP contribution in [0.15, 0.2) is 17.8 Å². The van der Waals surface area contributed by atoms with Crippen LogP contribution >= 0.6 is 0 Å². The first-order valence-electron chi connectivity index (χ1n) is 6.20. The number of hydrogen-bond acceptors (Lipinski definition) is 2. The van der Waals surface area contributed by atoms with Crippen molar-refractivity contribution in [2.45, 2.75) is 34.1 Å².